The number of nitrogens with one attached hydrogen (secondary N) is 2. The highest BCUT2D eigenvalue weighted by Crippen LogP contribution is 2.16. The minimum atomic E-state index is 0.408. The van der Waals surface area contributed by atoms with E-state index in [0.717, 1.165) is 18.0 Å². The van der Waals surface area contributed by atoms with E-state index in [2.05, 4.69) is 56.4 Å². The molecule has 0 aliphatic carbocycles. The van der Waals surface area contributed by atoms with Crippen molar-refractivity contribution in [3.63, 3.8) is 0 Å². The van der Waals surface area contributed by atoms with E-state index >= 15 is 0 Å². The van der Waals surface area contributed by atoms with Crippen molar-refractivity contribution in [2.24, 2.45) is 5.92 Å². The van der Waals surface area contributed by atoms with Crippen LogP contribution in [0.3, 0.4) is 0 Å². The van der Waals surface area contributed by atoms with Gasteiger partial charge in [-0.2, -0.15) is 19.6 Å². The monoisotopic (exact) mass is 414 g/mol. The van der Waals surface area contributed by atoms with E-state index in [1.807, 2.05) is 24.3 Å². The maximum absolute atomic E-state index is 5.73. The predicted molar refractivity (Wildman–Crippen MR) is 115 cm³/mol. The maximum Gasteiger partial charge on any atom is 0.258 e. The molecule has 0 aliphatic heterocycles. The highest BCUT2D eigenvalue weighted by molar-refractivity contribution is 7.99. The smallest absolute Gasteiger partial charge is 0.258 e. The maximum atomic E-state index is 5.73. The lowest BCUT2D eigenvalue weighted by Gasteiger charge is -2.09. The van der Waals surface area contributed by atoms with Crippen molar-refractivity contribution in [1.82, 2.24) is 29.7 Å². The highest BCUT2D eigenvalue weighted by atomic mass is 32.2. The predicted octanol–water partition coefficient (Wildman–Crippen LogP) is 3.04. The fourth-order valence-corrected chi connectivity index (χ4v) is 2.91. The van der Waals surface area contributed by atoms with E-state index in [1.165, 1.54) is 17.3 Å². The van der Waals surface area contributed by atoms with Crippen LogP contribution < -0.4 is 15.4 Å². The Morgan fingerprint density at radius 2 is 1.86 bits per heavy atom. The Morgan fingerprint density at radius 3 is 2.59 bits per heavy atom. The normalized spacial score (nSPS) is 10.9. The first-order valence-electron chi connectivity index (χ1n) is 9.45. The number of aryl methyl sites for hydroxylation is 1. The Balaban J connectivity index is 1.58. The molecule has 154 valence electrons. The van der Waals surface area contributed by atoms with Crippen molar-refractivity contribution in [2.75, 3.05) is 36.6 Å². The van der Waals surface area contributed by atoms with Crippen LogP contribution in [0, 0.1) is 12.8 Å². The number of hydrogen-bond donors (Lipinski definition) is 2. The van der Waals surface area contributed by atoms with Gasteiger partial charge in [0.15, 0.2) is 0 Å². The van der Waals surface area contributed by atoms with Crippen LogP contribution in [-0.4, -0.2) is 55.7 Å². The molecule has 10 heteroatoms. The summed E-state index contributed by atoms with van der Waals surface area (Å²) in [5, 5.41) is 11.3. The molecule has 0 unspecified atom stereocenters. The molecule has 29 heavy (non-hydrogen) atoms. The Morgan fingerprint density at radius 1 is 1.10 bits per heavy atom. The number of thioether (sulfide) groups is 1. The Labute approximate surface area is 174 Å². The van der Waals surface area contributed by atoms with Gasteiger partial charge in [0.05, 0.1) is 6.61 Å². The summed E-state index contributed by atoms with van der Waals surface area (Å²) in [6.07, 6.45) is 1.60. The van der Waals surface area contributed by atoms with Crippen molar-refractivity contribution in [2.45, 2.75) is 25.9 Å². The second kappa shape index (κ2) is 10.1. The summed E-state index contributed by atoms with van der Waals surface area (Å²) in [6, 6.07) is 8.00. The molecule has 2 N–H and O–H groups in total. The van der Waals surface area contributed by atoms with Gasteiger partial charge in [0.2, 0.25) is 17.1 Å². The van der Waals surface area contributed by atoms with E-state index in [4.69, 9.17) is 4.74 Å². The van der Waals surface area contributed by atoms with Gasteiger partial charge in [-0.25, -0.2) is 4.98 Å². The average molecular weight is 415 g/mol. The molecule has 0 bridgehead atoms. The van der Waals surface area contributed by atoms with Gasteiger partial charge in [-0.05, 0) is 25.0 Å². The molecule has 9 nitrogen and oxygen atoms in total. The first-order chi connectivity index (χ1) is 14.0. The van der Waals surface area contributed by atoms with E-state index < -0.39 is 0 Å². The molecule has 0 atom stereocenters. The van der Waals surface area contributed by atoms with Gasteiger partial charge in [0.25, 0.3) is 5.95 Å². The molecule has 0 fully saturated rings. The summed E-state index contributed by atoms with van der Waals surface area (Å²) < 4.78 is 7.28. The zero-order chi connectivity index (χ0) is 20.6. The fraction of sp³-hybridized carbons (Fsp3) is 0.421. The number of ether oxygens (including phenoxy) is 1. The Hall–Kier alpha value is -2.88. The second-order valence-electron chi connectivity index (χ2n) is 6.79. The van der Waals surface area contributed by atoms with Gasteiger partial charge >= 0.3 is 0 Å². The average Bonchev–Trinajstić information content (AvgIpc) is 3.20. The van der Waals surface area contributed by atoms with Gasteiger partial charge in [-0.15, -0.1) is 5.10 Å². The van der Waals surface area contributed by atoms with Crippen LogP contribution in [0.5, 0.6) is 5.75 Å². The lowest BCUT2D eigenvalue weighted by Crippen LogP contribution is -2.14. The van der Waals surface area contributed by atoms with Crippen LogP contribution >= 0.6 is 11.8 Å². The quantitative estimate of drug-likeness (QED) is 0.383. The number of aromatic nitrogens is 6. The highest BCUT2D eigenvalue weighted by Gasteiger charge is 2.11. The van der Waals surface area contributed by atoms with Crippen LogP contribution in [0.4, 0.5) is 11.9 Å². The lowest BCUT2D eigenvalue weighted by molar-refractivity contribution is 0.344. The van der Waals surface area contributed by atoms with Crippen LogP contribution in [0.2, 0.25) is 0 Å². The Kier molecular flexibility index (Phi) is 7.23. The molecule has 0 saturated heterocycles. The van der Waals surface area contributed by atoms with Crippen molar-refractivity contribution in [3.05, 3.63) is 36.2 Å². The number of benzene rings is 1. The molecule has 3 aromatic rings. The number of rotatable bonds is 10. The summed E-state index contributed by atoms with van der Waals surface area (Å²) >= 11 is 1.52. The van der Waals surface area contributed by atoms with Crippen LogP contribution in [0.25, 0.3) is 5.95 Å². The summed E-state index contributed by atoms with van der Waals surface area (Å²) in [5.41, 5.74) is 1.21. The molecule has 0 amide bonds. The van der Waals surface area contributed by atoms with Gasteiger partial charge in [0, 0.05) is 19.3 Å². The Bertz CT molecular complexity index is 913. The van der Waals surface area contributed by atoms with Crippen LogP contribution in [0.15, 0.2) is 35.7 Å². The molecule has 0 aliphatic rings. The van der Waals surface area contributed by atoms with Gasteiger partial charge in [0.1, 0.15) is 12.1 Å². The second-order valence-corrected chi connectivity index (χ2v) is 7.85. The molecule has 1 aromatic carbocycles. The van der Waals surface area contributed by atoms with E-state index in [0.29, 0.717) is 35.5 Å². The third-order valence-corrected chi connectivity index (χ3v) is 4.61. The van der Waals surface area contributed by atoms with Crippen molar-refractivity contribution < 1.29 is 4.74 Å². The molecule has 2 heterocycles. The molecule has 0 spiro atoms. The molecule has 0 saturated carbocycles. The van der Waals surface area contributed by atoms with Gasteiger partial charge in [-0.3, -0.25) is 0 Å². The zero-order valence-electron chi connectivity index (χ0n) is 17.1. The first-order valence-corrected chi connectivity index (χ1v) is 10.4. The fourth-order valence-electron chi connectivity index (χ4n) is 2.29. The molecule has 2 aromatic heterocycles. The summed E-state index contributed by atoms with van der Waals surface area (Å²) in [7, 11) is 1.77. The number of nitrogens with zero attached hydrogens (tertiary/aromatic N) is 6. The van der Waals surface area contributed by atoms with Gasteiger partial charge in [-0.1, -0.05) is 43.3 Å². The molecular weight excluding hydrogens is 388 g/mol. The largest absolute Gasteiger partial charge is 0.493 e. The van der Waals surface area contributed by atoms with Crippen molar-refractivity contribution in [3.8, 4) is 11.7 Å². The topological polar surface area (TPSA) is 103 Å². The summed E-state index contributed by atoms with van der Waals surface area (Å²) in [5.74, 6) is 3.45. The van der Waals surface area contributed by atoms with Crippen LogP contribution in [-0.2, 0) is 0 Å². The number of hydrogen-bond acceptors (Lipinski definition) is 9. The minimum absolute atomic E-state index is 0.408. The third kappa shape index (κ3) is 6.31. The minimum Gasteiger partial charge on any atom is -0.493 e. The summed E-state index contributed by atoms with van der Waals surface area (Å²) in [6.45, 7) is 7.64. The van der Waals surface area contributed by atoms with E-state index in [-0.39, 0.29) is 0 Å². The lowest BCUT2D eigenvalue weighted by atomic mass is 10.2. The van der Waals surface area contributed by atoms with E-state index in [1.54, 1.807) is 18.1 Å². The summed E-state index contributed by atoms with van der Waals surface area (Å²) in [4.78, 5) is 17.4. The van der Waals surface area contributed by atoms with Crippen molar-refractivity contribution >= 4 is 23.7 Å². The number of anilines is 2. The zero-order valence-corrected chi connectivity index (χ0v) is 17.9. The van der Waals surface area contributed by atoms with Crippen molar-refractivity contribution in [1.29, 1.82) is 0 Å². The third-order valence-electron chi connectivity index (χ3n) is 3.80. The van der Waals surface area contributed by atoms with Crippen LogP contribution in [0.1, 0.15) is 19.4 Å². The SMILES string of the molecule is CNc1nc(NCC(C)C)nc(-n2cnc(SCCOc3ccc(C)cc3)n2)n1. The standard InChI is InChI=1S/C19H26N8OS/c1-13(2)11-21-17-23-16(20-4)24-18(25-17)27-12-22-19(26-27)29-10-9-28-15-7-5-14(3)6-8-15/h5-8,12-13H,9-11H2,1-4H3,(H2,20,21,23,24,25). The molecule has 3 rings (SSSR count). The van der Waals surface area contributed by atoms with Gasteiger partial charge < -0.3 is 15.4 Å². The first kappa shape index (κ1) is 20.8. The molecular formula is C19H26N8OS. The van der Waals surface area contributed by atoms with E-state index in [9.17, 15) is 0 Å². The molecule has 0 radical (unpaired) electrons.